The van der Waals surface area contributed by atoms with Crippen molar-refractivity contribution >= 4 is 21.6 Å². The van der Waals surface area contributed by atoms with Gasteiger partial charge in [0.2, 0.25) is 0 Å². The highest BCUT2D eigenvalue weighted by Gasteiger charge is 2.10. The predicted molar refractivity (Wildman–Crippen MR) is 78.7 cm³/mol. The van der Waals surface area contributed by atoms with Gasteiger partial charge in [-0.05, 0) is 43.0 Å². The maximum atomic E-state index is 4.50. The molecule has 0 aliphatic heterocycles. The van der Waals surface area contributed by atoms with E-state index >= 15 is 0 Å². The summed E-state index contributed by atoms with van der Waals surface area (Å²) in [6.07, 6.45) is 3.94. The van der Waals surface area contributed by atoms with E-state index in [0.29, 0.717) is 0 Å². The Hall–Kier alpha value is -1.37. The van der Waals surface area contributed by atoms with Gasteiger partial charge in [0, 0.05) is 18.7 Å². The molecule has 0 saturated heterocycles. The molecule has 0 saturated carbocycles. The third-order valence-corrected chi connectivity index (χ3v) is 3.70. The topological polar surface area (TPSA) is 24.9 Å². The Morgan fingerprint density at radius 1 is 1.50 bits per heavy atom. The fourth-order valence-corrected chi connectivity index (χ4v) is 2.67. The van der Waals surface area contributed by atoms with E-state index in [1.807, 2.05) is 13.1 Å². The highest BCUT2D eigenvalue weighted by molar-refractivity contribution is 7.17. The summed E-state index contributed by atoms with van der Waals surface area (Å²) in [5.74, 6) is 6.13. The molecule has 0 bridgehead atoms. The molecule has 1 N–H and O–H groups in total. The summed E-state index contributed by atoms with van der Waals surface area (Å²) in [6, 6.07) is 4.58. The van der Waals surface area contributed by atoms with Crippen LogP contribution in [0.4, 0.5) is 0 Å². The van der Waals surface area contributed by atoms with Crippen LogP contribution >= 0.6 is 11.3 Å². The summed E-state index contributed by atoms with van der Waals surface area (Å²) in [5, 5.41) is 5.62. The van der Waals surface area contributed by atoms with Crippen molar-refractivity contribution in [2.24, 2.45) is 0 Å². The fourth-order valence-electron chi connectivity index (χ4n) is 1.88. The smallest absolute Gasteiger partial charge is 0.0809 e. The Morgan fingerprint density at radius 2 is 2.39 bits per heavy atom. The summed E-state index contributed by atoms with van der Waals surface area (Å²) < 4.78 is 1.25. The number of hydrogen-bond donors (Lipinski definition) is 1. The highest BCUT2D eigenvalue weighted by Crippen LogP contribution is 2.24. The zero-order valence-corrected chi connectivity index (χ0v) is 11.7. The van der Waals surface area contributed by atoms with Gasteiger partial charge in [-0.1, -0.05) is 6.92 Å². The van der Waals surface area contributed by atoms with E-state index in [-0.39, 0.29) is 6.04 Å². The van der Waals surface area contributed by atoms with Crippen molar-refractivity contribution in [3.8, 4) is 11.8 Å². The second-order valence-electron chi connectivity index (χ2n) is 4.21. The van der Waals surface area contributed by atoms with E-state index in [2.05, 4.69) is 46.6 Å². The van der Waals surface area contributed by atoms with Gasteiger partial charge in [-0.3, -0.25) is 4.98 Å². The molecule has 2 rings (SSSR count). The average molecular weight is 258 g/mol. The molecule has 2 nitrogen and oxygen atoms in total. The van der Waals surface area contributed by atoms with Crippen LogP contribution in [0.1, 0.15) is 38.3 Å². The summed E-state index contributed by atoms with van der Waals surface area (Å²) >= 11 is 1.74. The zero-order valence-electron chi connectivity index (χ0n) is 10.9. The molecular weight excluding hydrogens is 240 g/mol. The minimum Gasteiger partial charge on any atom is -0.309 e. The maximum absolute atomic E-state index is 4.50. The molecule has 1 atom stereocenters. The molecule has 0 aromatic carbocycles. The van der Waals surface area contributed by atoms with Gasteiger partial charge >= 0.3 is 0 Å². The lowest BCUT2D eigenvalue weighted by molar-refractivity contribution is 0.542. The fraction of sp³-hybridized carbons (Fsp3) is 0.400. The van der Waals surface area contributed by atoms with Crippen LogP contribution in [0.2, 0.25) is 0 Å². The summed E-state index contributed by atoms with van der Waals surface area (Å²) in [5.41, 5.74) is 2.32. The van der Waals surface area contributed by atoms with Gasteiger partial charge in [0.15, 0.2) is 0 Å². The zero-order chi connectivity index (χ0) is 12.8. The van der Waals surface area contributed by atoms with Gasteiger partial charge in [0.05, 0.1) is 10.2 Å². The molecule has 2 heterocycles. The van der Waals surface area contributed by atoms with E-state index < -0.39 is 0 Å². The molecule has 0 radical (unpaired) electrons. The van der Waals surface area contributed by atoms with Gasteiger partial charge in [-0.15, -0.1) is 23.2 Å². The Kier molecular flexibility index (Phi) is 4.74. The number of thiophene rings is 1. The average Bonchev–Trinajstić information content (AvgIpc) is 2.86. The van der Waals surface area contributed by atoms with Crippen molar-refractivity contribution < 1.29 is 0 Å². The summed E-state index contributed by atoms with van der Waals surface area (Å²) in [7, 11) is 0. The molecule has 0 aliphatic carbocycles. The standard InChI is InChI=1S/C15H18N2S/c1-3-5-6-13(16-8-4-2)12-10-15-14(17-11-12)7-9-18-15/h7,9-11,13,16H,4,6,8H2,1-2H3. The van der Waals surface area contributed by atoms with Gasteiger partial charge in [-0.2, -0.15) is 0 Å². The second kappa shape index (κ2) is 6.53. The van der Waals surface area contributed by atoms with E-state index in [0.717, 1.165) is 24.9 Å². The number of aromatic nitrogens is 1. The maximum Gasteiger partial charge on any atom is 0.0809 e. The summed E-state index contributed by atoms with van der Waals surface area (Å²) in [4.78, 5) is 4.50. The van der Waals surface area contributed by atoms with Crippen molar-refractivity contribution in [3.05, 3.63) is 29.3 Å². The SMILES string of the molecule is CC#CCC(NCCC)c1cnc2ccsc2c1. The minimum atomic E-state index is 0.288. The third-order valence-electron chi connectivity index (χ3n) is 2.85. The number of nitrogens with zero attached hydrogens (tertiary/aromatic N) is 1. The molecule has 0 amide bonds. The van der Waals surface area contributed by atoms with Crippen LogP contribution in [0, 0.1) is 11.8 Å². The Morgan fingerprint density at radius 3 is 3.17 bits per heavy atom. The monoisotopic (exact) mass is 258 g/mol. The number of rotatable bonds is 5. The van der Waals surface area contributed by atoms with Crippen molar-refractivity contribution in [1.82, 2.24) is 10.3 Å². The van der Waals surface area contributed by atoms with Crippen LogP contribution in [0.25, 0.3) is 10.2 Å². The van der Waals surface area contributed by atoms with Gasteiger partial charge < -0.3 is 5.32 Å². The molecular formula is C15H18N2S. The van der Waals surface area contributed by atoms with Crippen molar-refractivity contribution in [3.63, 3.8) is 0 Å². The van der Waals surface area contributed by atoms with Gasteiger partial charge in [-0.25, -0.2) is 0 Å². The number of fused-ring (bicyclic) bond motifs is 1. The van der Waals surface area contributed by atoms with E-state index in [1.54, 1.807) is 11.3 Å². The minimum absolute atomic E-state index is 0.288. The van der Waals surface area contributed by atoms with Crippen LogP contribution in [0.3, 0.4) is 0 Å². The molecule has 2 aromatic rings. The van der Waals surface area contributed by atoms with Crippen LogP contribution in [0.15, 0.2) is 23.7 Å². The first-order chi connectivity index (χ1) is 8.85. The van der Waals surface area contributed by atoms with Gasteiger partial charge in [0.25, 0.3) is 0 Å². The van der Waals surface area contributed by atoms with E-state index in [1.165, 1.54) is 10.3 Å². The van der Waals surface area contributed by atoms with Crippen LogP contribution < -0.4 is 5.32 Å². The van der Waals surface area contributed by atoms with Crippen LogP contribution in [0.5, 0.6) is 0 Å². The molecule has 2 aromatic heterocycles. The molecule has 18 heavy (non-hydrogen) atoms. The largest absolute Gasteiger partial charge is 0.309 e. The molecule has 0 fully saturated rings. The predicted octanol–water partition coefficient (Wildman–Crippen LogP) is 3.75. The van der Waals surface area contributed by atoms with Crippen molar-refractivity contribution in [2.45, 2.75) is 32.7 Å². The number of pyridine rings is 1. The molecule has 3 heteroatoms. The first-order valence-corrected chi connectivity index (χ1v) is 7.19. The normalized spacial score (nSPS) is 12.1. The molecule has 0 spiro atoms. The molecule has 1 unspecified atom stereocenters. The Balaban J connectivity index is 2.23. The Labute approximate surface area is 112 Å². The highest BCUT2D eigenvalue weighted by atomic mass is 32.1. The van der Waals surface area contributed by atoms with E-state index in [4.69, 9.17) is 0 Å². The quantitative estimate of drug-likeness (QED) is 0.826. The van der Waals surface area contributed by atoms with Crippen molar-refractivity contribution in [2.75, 3.05) is 6.54 Å². The number of hydrogen-bond acceptors (Lipinski definition) is 3. The van der Waals surface area contributed by atoms with Crippen molar-refractivity contribution in [1.29, 1.82) is 0 Å². The molecule has 94 valence electrons. The Bertz CT molecular complexity index is 562. The lowest BCUT2D eigenvalue weighted by Gasteiger charge is -2.16. The lowest BCUT2D eigenvalue weighted by Crippen LogP contribution is -2.21. The first kappa shape index (κ1) is 13.1. The van der Waals surface area contributed by atoms with Crippen LogP contribution in [-0.4, -0.2) is 11.5 Å². The first-order valence-electron chi connectivity index (χ1n) is 6.31. The van der Waals surface area contributed by atoms with E-state index in [9.17, 15) is 0 Å². The summed E-state index contributed by atoms with van der Waals surface area (Å²) in [6.45, 7) is 5.08. The number of nitrogens with one attached hydrogen (secondary N) is 1. The third kappa shape index (κ3) is 3.10. The van der Waals surface area contributed by atoms with Crippen LogP contribution in [-0.2, 0) is 0 Å². The lowest BCUT2D eigenvalue weighted by atomic mass is 10.1. The second-order valence-corrected chi connectivity index (χ2v) is 5.16. The molecule has 0 aliphatic rings. The van der Waals surface area contributed by atoms with Gasteiger partial charge in [0.1, 0.15) is 0 Å².